The van der Waals surface area contributed by atoms with Crippen molar-refractivity contribution in [2.45, 2.75) is 6.54 Å². The number of hydrogen-bond acceptors (Lipinski definition) is 4. The van der Waals surface area contributed by atoms with E-state index in [1.165, 1.54) is 6.33 Å². The van der Waals surface area contributed by atoms with Crippen LogP contribution in [-0.4, -0.2) is 19.7 Å². The van der Waals surface area contributed by atoms with Crippen LogP contribution in [0.5, 0.6) is 0 Å². The van der Waals surface area contributed by atoms with Crippen molar-refractivity contribution < 1.29 is 0 Å². The molecule has 2 heterocycles. The Morgan fingerprint density at radius 3 is 2.93 bits per heavy atom. The molecule has 14 heavy (non-hydrogen) atoms. The lowest BCUT2D eigenvalue weighted by Crippen LogP contribution is -2.06. The van der Waals surface area contributed by atoms with Crippen LogP contribution in [0.25, 0.3) is 5.69 Å². The van der Waals surface area contributed by atoms with E-state index >= 15 is 0 Å². The second-order valence-corrected chi connectivity index (χ2v) is 2.51. The normalized spacial score (nSPS) is 9.50. The Kier molecular flexibility index (Phi) is 3.55. The van der Waals surface area contributed by atoms with Crippen molar-refractivity contribution in [3.05, 3.63) is 36.7 Å². The molecule has 2 rings (SSSR count). The first-order chi connectivity index (χ1) is 6.42. The van der Waals surface area contributed by atoms with Crippen molar-refractivity contribution in [2.24, 2.45) is 5.73 Å². The molecule has 2 aromatic heterocycles. The van der Waals surface area contributed by atoms with Crippen LogP contribution >= 0.6 is 12.4 Å². The van der Waals surface area contributed by atoms with E-state index in [9.17, 15) is 0 Å². The minimum Gasteiger partial charge on any atom is -0.325 e. The monoisotopic (exact) mass is 211 g/mol. The van der Waals surface area contributed by atoms with E-state index in [1.54, 1.807) is 17.2 Å². The Hall–Kier alpha value is -1.46. The summed E-state index contributed by atoms with van der Waals surface area (Å²) in [4.78, 5) is 8.00. The Balaban J connectivity index is 0.000000980. The van der Waals surface area contributed by atoms with Crippen molar-refractivity contribution in [3.8, 4) is 5.69 Å². The molecule has 0 fully saturated rings. The molecule has 0 atom stereocenters. The van der Waals surface area contributed by atoms with Gasteiger partial charge in [0.05, 0.1) is 11.4 Å². The van der Waals surface area contributed by atoms with Gasteiger partial charge in [0, 0.05) is 12.7 Å². The van der Waals surface area contributed by atoms with Gasteiger partial charge in [-0.15, -0.1) is 12.4 Å². The predicted molar refractivity (Wildman–Crippen MR) is 54.3 cm³/mol. The highest BCUT2D eigenvalue weighted by atomic mass is 35.5. The van der Waals surface area contributed by atoms with Crippen molar-refractivity contribution in [1.29, 1.82) is 0 Å². The maximum Gasteiger partial charge on any atom is 0.138 e. The van der Waals surface area contributed by atoms with Crippen LogP contribution in [0.15, 0.2) is 31.0 Å². The zero-order valence-electron chi connectivity index (χ0n) is 7.37. The molecule has 6 heteroatoms. The molecule has 0 saturated carbocycles. The third-order valence-corrected chi connectivity index (χ3v) is 1.73. The van der Waals surface area contributed by atoms with Crippen LogP contribution in [0.2, 0.25) is 0 Å². The SMILES string of the molecule is Cl.NCc1ncccc1-n1cncn1. The molecule has 2 aromatic rings. The largest absolute Gasteiger partial charge is 0.325 e. The lowest BCUT2D eigenvalue weighted by atomic mass is 10.3. The molecule has 0 spiro atoms. The van der Waals surface area contributed by atoms with Gasteiger partial charge in [0.1, 0.15) is 12.7 Å². The number of hydrogen-bond donors (Lipinski definition) is 1. The lowest BCUT2D eigenvalue weighted by molar-refractivity contribution is 0.838. The standard InChI is InChI=1S/C8H9N5.ClH/c9-4-7-8(2-1-3-11-7)13-6-10-5-12-13;/h1-3,5-6H,4,9H2;1H. The molecule has 5 nitrogen and oxygen atoms in total. The highest BCUT2D eigenvalue weighted by Crippen LogP contribution is 2.08. The fourth-order valence-electron chi connectivity index (χ4n) is 1.13. The van der Waals surface area contributed by atoms with E-state index in [1.807, 2.05) is 12.1 Å². The summed E-state index contributed by atoms with van der Waals surface area (Å²) in [6.07, 6.45) is 4.81. The summed E-state index contributed by atoms with van der Waals surface area (Å²) in [5, 5.41) is 4.01. The van der Waals surface area contributed by atoms with E-state index in [0.717, 1.165) is 11.4 Å². The number of halogens is 1. The third kappa shape index (κ3) is 1.89. The van der Waals surface area contributed by atoms with Crippen LogP contribution < -0.4 is 5.73 Å². The molecular formula is C8H10ClN5. The van der Waals surface area contributed by atoms with Crippen LogP contribution in [-0.2, 0) is 6.54 Å². The Labute approximate surface area is 87.4 Å². The van der Waals surface area contributed by atoms with E-state index in [-0.39, 0.29) is 12.4 Å². The van der Waals surface area contributed by atoms with Gasteiger partial charge in [-0.05, 0) is 12.1 Å². The summed E-state index contributed by atoms with van der Waals surface area (Å²) in [6, 6.07) is 3.75. The van der Waals surface area contributed by atoms with Crippen LogP contribution in [0.1, 0.15) is 5.69 Å². The first-order valence-electron chi connectivity index (χ1n) is 3.91. The van der Waals surface area contributed by atoms with E-state index < -0.39 is 0 Å². The number of nitrogens with zero attached hydrogens (tertiary/aromatic N) is 4. The molecule has 0 saturated heterocycles. The molecule has 0 aliphatic carbocycles. The van der Waals surface area contributed by atoms with Crippen molar-refractivity contribution in [1.82, 2.24) is 19.7 Å². The topological polar surface area (TPSA) is 69.6 Å². The quantitative estimate of drug-likeness (QED) is 0.788. The average molecular weight is 212 g/mol. The predicted octanol–water partition coefficient (Wildman–Crippen LogP) is 0.543. The van der Waals surface area contributed by atoms with Gasteiger partial charge in [-0.1, -0.05) is 0 Å². The molecule has 0 unspecified atom stereocenters. The van der Waals surface area contributed by atoms with Gasteiger partial charge >= 0.3 is 0 Å². The summed E-state index contributed by atoms with van der Waals surface area (Å²) in [6.45, 7) is 0.399. The summed E-state index contributed by atoms with van der Waals surface area (Å²) in [5.74, 6) is 0. The second kappa shape index (κ2) is 4.69. The Morgan fingerprint density at radius 1 is 1.43 bits per heavy atom. The summed E-state index contributed by atoms with van der Waals surface area (Å²) in [5.41, 5.74) is 7.22. The fourth-order valence-corrected chi connectivity index (χ4v) is 1.13. The third-order valence-electron chi connectivity index (χ3n) is 1.73. The zero-order chi connectivity index (χ0) is 9.10. The molecule has 2 N–H and O–H groups in total. The van der Waals surface area contributed by atoms with Gasteiger partial charge in [0.25, 0.3) is 0 Å². The maximum absolute atomic E-state index is 5.53. The molecule has 0 aliphatic rings. The second-order valence-electron chi connectivity index (χ2n) is 2.51. The van der Waals surface area contributed by atoms with Gasteiger partial charge in [0.2, 0.25) is 0 Å². The number of pyridine rings is 1. The minimum absolute atomic E-state index is 0. The molecule has 0 aromatic carbocycles. The highest BCUT2D eigenvalue weighted by molar-refractivity contribution is 5.85. The summed E-state index contributed by atoms with van der Waals surface area (Å²) >= 11 is 0. The Bertz CT molecular complexity index is 386. The maximum atomic E-state index is 5.53. The van der Waals surface area contributed by atoms with Crippen molar-refractivity contribution in [3.63, 3.8) is 0 Å². The number of nitrogens with two attached hydrogens (primary N) is 1. The fraction of sp³-hybridized carbons (Fsp3) is 0.125. The molecule has 0 aliphatic heterocycles. The van der Waals surface area contributed by atoms with E-state index in [0.29, 0.717) is 6.54 Å². The van der Waals surface area contributed by atoms with E-state index in [4.69, 9.17) is 5.73 Å². The summed E-state index contributed by atoms with van der Waals surface area (Å²) in [7, 11) is 0. The molecule has 74 valence electrons. The number of aromatic nitrogens is 4. The van der Waals surface area contributed by atoms with Gasteiger partial charge in [0.15, 0.2) is 0 Å². The molecular weight excluding hydrogens is 202 g/mol. The smallest absolute Gasteiger partial charge is 0.138 e. The zero-order valence-corrected chi connectivity index (χ0v) is 8.18. The summed E-state index contributed by atoms with van der Waals surface area (Å²) < 4.78 is 1.65. The highest BCUT2D eigenvalue weighted by Gasteiger charge is 2.02. The van der Waals surface area contributed by atoms with Crippen LogP contribution in [0, 0.1) is 0 Å². The lowest BCUT2D eigenvalue weighted by Gasteiger charge is -2.04. The number of rotatable bonds is 2. The van der Waals surface area contributed by atoms with Crippen LogP contribution in [0.3, 0.4) is 0 Å². The van der Waals surface area contributed by atoms with Crippen molar-refractivity contribution >= 4 is 12.4 Å². The van der Waals surface area contributed by atoms with Gasteiger partial charge in [-0.2, -0.15) is 5.10 Å². The molecule has 0 amide bonds. The van der Waals surface area contributed by atoms with Gasteiger partial charge in [-0.25, -0.2) is 9.67 Å². The van der Waals surface area contributed by atoms with Crippen molar-refractivity contribution in [2.75, 3.05) is 0 Å². The first-order valence-corrected chi connectivity index (χ1v) is 3.91. The first kappa shape index (κ1) is 10.6. The molecule has 0 radical (unpaired) electrons. The Morgan fingerprint density at radius 2 is 2.29 bits per heavy atom. The van der Waals surface area contributed by atoms with E-state index in [2.05, 4.69) is 15.1 Å². The molecule has 0 bridgehead atoms. The van der Waals surface area contributed by atoms with Gasteiger partial charge < -0.3 is 5.73 Å². The van der Waals surface area contributed by atoms with Crippen LogP contribution in [0.4, 0.5) is 0 Å². The average Bonchev–Trinajstić information content (AvgIpc) is 2.70. The minimum atomic E-state index is 0. The van der Waals surface area contributed by atoms with Gasteiger partial charge in [-0.3, -0.25) is 4.98 Å².